The van der Waals surface area contributed by atoms with Crippen LogP contribution in [-0.2, 0) is 16.2 Å². The first-order valence-corrected chi connectivity index (χ1v) is 13.5. The van der Waals surface area contributed by atoms with Gasteiger partial charge in [-0.05, 0) is 53.7 Å². The molecule has 2 heterocycles. The van der Waals surface area contributed by atoms with Crippen LogP contribution in [-0.4, -0.2) is 59.6 Å². The van der Waals surface area contributed by atoms with E-state index in [2.05, 4.69) is 4.90 Å². The van der Waals surface area contributed by atoms with Crippen LogP contribution in [0.1, 0.15) is 11.1 Å². The number of para-hydroxylation sites is 1. The van der Waals surface area contributed by atoms with Crippen LogP contribution in [0.2, 0.25) is 5.02 Å². The fraction of sp³-hybridized carbons (Fsp3) is 0.207. The van der Waals surface area contributed by atoms with Crippen LogP contribution < -0.4 is 9.64 Å². The molecule has 9 heteroatoms. The molecule has 0 bridgehead atoms. The molecule has 38 heavy (non-hydrogen) atoms. The summed E-state index contributed by atoms with van der Waals surface area (Å²) in [5.74, 6) is -0.00951. The third-order valence-electron chi connectivity index (χ3n) is 6.45. The standard InChI is InChI=1S/C29H26ClN3O4S/c30-25-9-5-4-6-22(25)20-37-24-12-10-21(11-13-24)18-26-28(35)33(29(36)38-26)19-27(34)32-16-14-31(15-17-32)23-7-2-1-3-8-23/h1-13,18H,14-17,19-20H2/b26-18+. The molecule has 0 saturated carbocycles. The Morgan fingerprint density at radius 3 is 2.29 bits per heavy atom. The summed E-state index contributed by atoms with van der Waals surface area (Å²) in [4.78, 5) is 43.6. The number of halogens is 1. The molecule has 0 aliphatic carbocycles. The highest BCUT2D eigenvalue weighted by Gasteiger charge is 2.37. The van der Waals surface area contributed by atoms with Gasteiger partial charge in [0.15, 0.2) is 0 Å². The summed E-state index contributed by atoms with van der Waals surface area (Å²) < 4.78 is 5.80. The van der Waals surface area contributed by atoms with Crippen molar-refractivity contribution in [1.82, 2.24) is 9.80 Å². The van der Waals surface area contributed by atoms with Crippen molar-refractivity contribution in [2.24, 2.45) is 0 Å². The van der Waals surface area contributed by atoms with Crippen molar-refractivity contribution in [1.29, 1.82) is 0 Å². The van der Waals surface area contributed by atoms with Crippen molar-refractivity contribution >= 4 is 52.2 Å². The maximum atomic E-state index is 12.9. The Morgan fingerprint density at radius 2 is 1.58 bits per heavy atom. The number of anilines is 1. The van der Waals surface area contributed by atoms with Crippen LogP contribution in [0.25, 0.3) is 6.08 Å². The van der Waals surface area contributed by atoms with Gasteiger partial charge in [-0.1, -0.05) is 60.1 Å². The summed E-state index contributed by atoms with van der Waals surface area (Å²) in [6.45, 7) is 2.59. The number of carbonyl (C=O) groups is 3. The van der Waals surface area contributed by atoms with Crippen molar-refractivity contribution < 1.29 is 19.1 Å². The molecule has 2 fully saturated rings. The zero-order valence-electron chi connectivity index (χ0n) is 20.6. The highest BCUT2D eigenvalue weighted by molar-refractivity contribution is 8.18. The lowest BCUT2D eigenvalue weighted by Gasteiger charge is -2.36. The monoisotopic (exact) mass is 547 g/mol. The predicted octanol–water partition coefficient (Wildman–Crippen LogP) is 5.30. The first kappa shape index (κ1) is 25.9. The summed E-state index contributed by atoms with van der Waals surface area (Å²) in [5, 5.41) is 0.213. The molecule has 3 aromatic carbocycles. The van der Waals surface area contributed by atoms with Crippen molar-refractivity contribution in [3.05, 3.63) is 99.9 Å². The number of carbonyl (C=O) groups excluding carboxylic acids is 3. The maximum Gasteiger partial charge on any atom is 0.294 e. The molecule has 2 aliphatic heterocycles. The zero-order chi connectivity index (χ0) is 26.5. The average Bonchev–Trinajstić information content (AvgIpc) is 3.21. The molecule has 2 aliphatic rings. The molecule has 0 aromatic heterocycles. The van der Waals surface area contributed by atoms with Crippen LogP contribution in [0.4, 0.5) is 10.5 Å². The number of piperazine rings is 1. The van der Waals surface area contributed by atoms with Crippen LogP contribution in [0.15, 0.2) is 83.8 Å². The Bertz CT molecular complexity index is 1360. The molecular weight excluding hydrogens is 522 g/mol. The van der Waals surface area contributed by atoms with E-state index in [0.717, 1.165) is 33.5 Å². The molecule has 0 spiro atoms. The largest absolute Gasteiger partial charge is 0.489 e. The lowest BCUT2D eigenvalue weighted by atomic mass is 10.2. The number of ether oxygens (including phenoxy) is 1. The van der Waals surface area contributed by atoms with Gasteiger partial charge in [-0.25, -0.2) is 0 Å². The Labute approximate surface area is 230 Å². The zero-order valence-corrected chi connectivity index (χ0v) is 22.2. The minimum absolute atomic E-state index is 0.221. The van der Waals surface area contributed by atoms with Gasteiger partial charge in [0.25, 0.3) is 11.1 Å². The van der Waals surface area contributed by atoms with Crippen LogP contribution >= 0.6 is 23.4 Å². The summed E-state index contributed by atoms with van der Waals surface area (Å²) in [6, 6.07) is 24.8. The van der Waals surface area contributed by atoms with E-state index in [0.29, 0.717) is 48.5 Å². The van der Waals surface area contributed by atoms with Crippen molar-refractivity contribution in [3.63, 3.8) is 0 Å². The van der Waals surface area contributed by atoms with Gasteiger partial charge in [-0.15, -0.1) is 0 Å². The quantitative estimate of drug-likeness (QED) is 0.374. The van der Waals surface area contributed by atoms with E-state index in [1.54, 1.807) is 23.1 Å². The third-order valence-corrected chi connectivity index (χ3v) is 7.73. The van der Waals surface area contributed by atoms with Gasteiger partial charge < -0.3 is 14.5 Å². The van der Waals surface area contributed by atoms with Gasteiger partial charge in [-0.3, -0.25) is 19.3 Å². The number of amides is 3. The molecule has 2 saturated heterocycles. The van der Waals surface area contributed by atoms with Crippen LogP contribution in [0.5, 0.6) is 5.75 Å². The number of rotatable bonds is 7. The molecule has 0 radical (unpaired) electrons. The average molecular weight is 548 g/mol. The second-order valence-corrected chi connectivity index (χ2v) is 10.3. The summed E-state index contributed by atoms with van der Waals surface area (Å²) in [7, 11) is 0. The number of nitrogens with zero attached hydrogens (tertiary/aromatic N) is 3. The van der Waals surface area contributed by atoms with Gasteiger partial charge in [-0.2, -0.15) is 0 Å². The Balaban J connectivity index is 1.15. The summed E-state index contributed by atoms with van der Waals surface area (Å²) in [6.07, 6.45) is 1.66. The van der Waals surface area contributed by atoms with E-state index in [1.165, 1.54) is 0 Å². The normalized spacial score (nSPS) is 16.9. The number of thioether (sulfide) groups is 1. The third kappa shape index (κ3) is 6.03. The smallest absolute Gasteiger partial charge is 0.294 e. The van der Waals surface area contributed by atoms with E-state index < -0.39 is 11.1 Å². The molecule has 0 unspecified atom stereocenters. The van der Waals surface area contributed by atoms with Crippen molar-refractivity contribution in [2.75, 3.05) is 37.6 Å². The Morgan fingerprint density at radius 1 is 0.895 bits per heavy atom. The fourth-order valence-electron chi connectivity index (χ4n) is 4.31. The minimum atomic E-state index is -0.449. The Kier molecular flexibility index (Phi) is 8.00. The van der Waals surface area contributed by atoms with E-state index >= 15 is 0 Å². The number of hydrogen-bond acceptors (Lipinski definition) is 6. The molecule has 3 amide bonds. The Hall–Kier alpha value is -3.75. The number of imide groups is 1. The van der Waals surface area contributed by atoms with E-state index in [1.807, 2.05) is 66.7 Å². The molecule has 194 valence electrons. The second-order valence-electron chi connectivity index (χ2n) is 8.92. The lowest BCUT2D eigenvalue weighted by Crippen LogP contribution is -2.51. The predicted molar refractivity (Wildman–Crippen MR) is 150 cm³/mol. The van der Waals surface area contributed by atoms with E-state index in [4.69, 9.17) is 16.3 Å². The highest BCUT2D eigenvalue weighted by atomic mass is 35.5. The van der Waals surface area contributed by atoms with E-state index in [9.17, 15) is 14.4 Å². The van der Waals surface area contributed by atoms with E-state index in [-0.39, 0.29) is 12.5 Å². The first-order valence-electron chi connectivity index (χ1n) is 12.3. The molecule has 3 aromatic rings. The van der Waals surface area contributed by atoms with Gasteiger partial charge in [0.05, 0.1) is 4.91 Å². The number of benzene rings is 3. The van der Waals surface area contributed by atoms with Gasteiger partial charge in [0.2, 0.25) is 5.91 Å². The van der Waals surface area contributed by atoms with Gasteiger partial charge in [0.1, 0.15) is 18.9 Å². The SMILES string of the molecule is O=C(CN1C(=O)S/C(=C/c2ccc(OCc3ccccc3Cl)cc2)C1=O)N1CCN(c2ccccc2)CC1. The van der Waals surface area contributed by atoms with Crippen molar-refractivity contribution in [2.45, 2.75) is 6.61 Å². The first-order chi connectivity index (χ1) is 18.5. The maximum absolute atomic E-state index is 12.9. The van der Waals surface area contributed by atoms with Gasteiger partial charge in [0, 0.05) is 42.5 Å². The van der Waals surface area contributed by atoms with Gasteiger partial charge >= 0.3 is 0 Å². The topological polar surface area (TPSA) is 70.2 Å². The number of hydrogen-bond donors (Lipinski definition) is 0. The minimum Gasteiger partial charge on any atom is -0.489 e. The molecule has 0 N–H and O–H groups in total. The van der Waals surface area contributed by atoms with Crippen LogP contribution in [0, 0.1) is 0 Å². The molecular formula is C29H26ClN3O4S. The summed E-state index contributed by atoms with van der Waals surface area (Å²) in [5.41, 5.74) is 2.76. The fourth-order valence-corrected chi connectivity index (χ4v) is 5.34. The molecule has 0 atom stereocenters. The van der Waals surface area contributed by atoms with Crippen molar-refractivity contribution in [3.8, 4) is 5.75 Å². The molecule has 7 nitrogen and oxygen atoms in total. The summed E-state index contributed by atoms with van der Waals surface area (Å²) >= 11 is 7.02. The highest BCUT2D eigenvalue weighted by Crippen LogP contribution is 2.32. The second kappa shape index (κ2) is 11.8. The molecule has 5 rings (SSSR count). The van der Waals surface area contributed by atoms with Crippen LogP contribution in [0.3, 0.4) is 0 Å². The lowest BCUT2D eigenvalue weighted by molar-refractivity contribution is -0.136.